The van der Waals surface area contributed by atoms with Crippen molar-refractivity contribution in [2.45, 2.75) is 39.7 Å². The molecule has 1 heterocycles. The van der Waals surface area contributed by atoms with E-state index in [0.29, 0.717) is 12.2 Å². The molecular weight excluding hydrogens is 294 g/mol. The molecule has 120 valence electrons. The maximum atomic E-state index is 12.2. The standard InChI is InChI=1S/C18H19NO4/c1-18(2,3)17(22)23-13-6-4-5-11-7-8-12(16(11)13)19-14(20)9-10-15(19)21/h4-6,9-10,12H,7-8H2,1-3H3/t12-/m0/s1. The topological polar surface area (TPSA) is 63.7 Å². The van der Waals surface area contributed by atoms with E-state index in [1.54, 1.807) is 26.8 Å². The van der Waals surface area contributed by atoms with E-state index in [1.165, 1.54) is 17.1 Å². The highest BCUT2D eigenvalue weighted by Crippen LogP contribution is 2.43. The molecule has 1 aromatic rings. The zero-order chi connectivity index (χ0) is 16.8. The summed E-state index contributed by atoms with van der Waals surface area (Å²) in [7, 11) is 0. The number of amides is 2. The predicted molar refractivity (Wildman–Crippen MR) is 83.6 cm³/mol. The highest BCUT2D eigenvalue weighted by atomic mass is 16.5. The first-order chi connectivity index (χ1) is 10.8. The van der Waals surface area contributed by atoms with E-state index in [-0.39, 0.29) is 23.8 Å². The van der Waals surface area contributed by atoms with Crippen molar-refractivity contribution < 1.29 is 19.1 Å². The average molecular weight is 313 g/mol. The first kappa shape index (κ1) is 15.5. The van der Waals surface area contributed by atoms with Gasteiger partial charge in [-0.1, -0.05) is 12.1 Å². The summed E-state index contributed by atoms with van der Waals surface area (Å²) >= 11 is 0. The number of rotatable bonds is 2. The summed E-state index contributed by atoms with van der Waals surface area (Å²) in [6.45, 7) is 5.36. The number of carbonyl (C=O) groups excluding carboxylic acids is 3. The second kappa shape index (κ2) is 5.33. The summed E-state index contributed by atoms with van der Waals surface area (Å²) in [6, 6.07) is 5.13. The van der Waals surface area contributed by atoms with Crippen LogP contribution in [0.4, 0.5) is 0 Å². The number of hydrogen-bond donors (Lipinski definition) is 0. The van der Waals surface area contributed by atoms with Gasteiger partial charge in [-0.2, -0.15) is 0 Å². The van der Waals surface area contributed by atoms with Crippen LogP contribution in [0.3, 0.4) is 0 Å². The second-order valence-corrected chi connectivity index (χ2v) is 6.90. The maximum Gasteiger partial charge on any atom is 0.316 e. The normalized spacial score (nSPS) is 20.1. The third kappa shape index (κ3) is 2.67. The molecule has 1 aromatic carbocycles. The van der Waals surface area contributed by atoms with Crippen LogP contribution in [0, 0.1) is 5.41 Å². The number of imide groups is 1. The Balaban J connectivity index is 1.97. The lowest BCUT2D eigenvalue weighted by Crippen LogP contribution is -2.33. The van der Waals surface area contributed by atoms with Crippen LogP contribution in [0.25, 0.3) is 0 Å². The number of hydrogen-bond acceptors (Lipinski definition) is 4. The molecule has 2 aliphatic rings. The molecule has 0 bridgehead atoms. The Hall–Kier alpha value is -2.43. The summed E-state index contributed by atoms with van der Waals surface area (Å²) in [6.07, 6.45) is 3.96. The minimum atomic E-state index is -0.627. The Kier molecular flexibility index (Phi) is 3.59. The molecular formula is C18H19NO4. The number of fused-ring (bicyclic) bond motifs is 1. The molecule has 2 amide bonds. The first-order valence-electron chi connectivity index (χ1n) is 7.68. The lowest BCUT2D eigenvalue weighted by molar-refractivity contribution is -0.143. The Bertz CT molecular complexity index is 709. The summed E-state index contributed by atoms with van der Waals surface area (Å²) in [5, 5.41) is 0. The predicted octanol–water partition coefficient (Wildman–Crippen LogP) is 2.55. The molecule has 5 heteroatoms. The largest absolute Gasteiger partial charge is 0.426 e. The zero-order valence-electron chi connectivity index (χ0n) is 13.5. The van der Waals surface area contributed by atoms with Gasteiger partial charge >= 0.3 is 5.97 Å². The smallest absolute Gasteiger partial charge is 0.316 e. The Morgan fingerprint density at radius 1 is 1.17 bits per heavy atom. The lowest BCUT2D eigenvalue weighted by atomic mass is 9.97. The fraction of sp³-hybridized carbons (Fsp3) is 0.389. The van der Waals surface area contributed by atoms with Gasteiger partial charge in [0, 0.05) is 17.7 Å². The molecule has 0 aromatic heterocycles. The fourth-order valence-corrected chi connectivity index (χ4v) is 2.94. The van der Waals surface area contributed by atoms with Gasteiger partial charge in [0.25, 0.3) is 11.8 Å². The molecule has 0 saturated carbocycles. The van der Waals surface area contributed by atoms with E-state index >= 15 is 0 Å². The van der Waals surface area contributed by atoms with E-state index < -0.39 is 5.41 Å². The van der Waals surface area contributed by atoms with E-state index in [2.05, 4.69) is 0 Å². The molecule has 3 rings (SSSR count). The van der Waals surface area contributed by atoms with Gasteiger partial charge in [-0.25, -0.2) is 0 Å². The first-order valence-corrected chi connectivity index (χ1v) is 7.68. The summed E-state index contributed by atoms with van der Waals surface area (Å²) in [4.78, 5) is 37.4. The third-order valence-electron chi connectivity index (χ3n) is 4.15. The van der Waals surface area contributed by atoms with Crippen LogP contribution in [0.1, 0.15) is 44.4 Å². The van der Waals surface area contributed by atoms with Crippen LogP contribution in [0.5, 0.6) is 5.75 Å². The molecule has 23 heavy (non-hydrogen) atoms. The lowest BCUT2D eigenvalue weighted by Gasteiger charge is -2.25. The highest BCUT2D eigenvalue weighted by molar-refractivity contribution is 6.13. The van der Waals surface area contributed by atoms with Crippen LogP contribution < -0.4 is 4.74 Å². The summed E-state index contributed by atoms with van der Waals surface area (Å²) < 4.78 is 5.57. The van der Waals surface area contributed by atoms with Gasteiger partial charge in [-0.15, -0.1) is 0 Å². The van der Waals surface area contributed by atoms with Crippen LogP contribution in [-0.4, -0.2) is 22.7 Å². The third-order valence-corrected chi connectivity index (χ3v) is 4.15. The summed E-state index contributed by atoms with van der Waals surface area (Å²) in [5.41, 5.74) is 1.16. The Morgan fingerprint density at radius 3 is 2.43 bits per heavy atom. The highest BCUT2D eigenvalue weighted by Gasteiger charge is 2.38. The number of benzene rings is 1. The van der Waals surface area contributed by atoms with Crippen LogP contribution >= 0.6 is 0 Å². The molecule has 1 aliphatic heterocycles. The zero-order valence-corrected chi connectivity index (χ0v) is 13.5. The van der Waals surface area contributed by atoms with Crippen molar-refractivity contribution in [2.75, 3.05) is 0 Å². The molecule has 1 atom stereocenters. The van der Waals surface area contributed by atoms with Gasteiger partial charge in [0.1, 0.15) is 5.75 Å². The van der Waals surface area contributed by atoms with Crippen molar-refractivity contribution in [1.82, 2.24) is 4.90 Å². The SMILES string of the molecule is CC(C)(C)C(=O)Oc1cccc2c1[C@@H](N1C(=O)C=CC1=O)CC2. The van der Waals surface area contributed by atoms with Crippen LogP contribution in [0.15, 0.2) is 30.4 Å². The minimum absolute atomic E-state index is 0.315. The van der Waals surface area contributed by atoms with Gasteiger partial charge in [-0.3, -0.25) is 19.3 Å². The van der Waals surface area contributed by atoms with Gasteiger partial charge in [0.15, 0.2) is 0 Å². The van der Waals surface area contributed by atoms with Gasteiger partial charge in [0.05, 0.1) is 11.5 Å². The van der Waals surface area contributed by atoms with Gasteiger partial charge in [-0.05, 0) is 45.2 Å². The van der Waals surface area contributed by atoms with E-state index in [9.17, 15) is 14.4 Å². The van der Waals surface area contributed by atoms with Crippen LogP contribution in [-0.2, 0) is 20.8 Å². The van der Waals surface area contributed by atoms with E-state index in [0.717, 1.165) is 17.5 Å². The quantitative estimate of drug-likeness (QED) is 0.478. The van der Waals surface area contributed by atoms with E-state index in [1.807, 2.05) is 12.1 Å². The molecule has 0 N–H and O–H groups in total. The van der Waals surface area contributed by atoms with Gasteiger partial charge in [0.2, 0.25) is 0 Å². The Labute approximate surface area is 134 Å². The van der Waals surface area contributed by atoms with Crippen molar-refractivity contribution in [3.8, 4) is 5.75 Å². The summed E-state index contributed by atoms with van der Waals surface area (Å²) in [5.74, 6) is -0.527. The molecule has 0 saturated heterocycles. The van der Waals surface area contributed by atoms with Crippen molar-refractivity contribution in [1.29, 1.82) is 0 Å². The molecule has 0 unspecified atom stereocenters. The van der Waals surface area contributed by atoms with Crippen molar-refractivity contribution in [3.05, 3.63) is 41.5 Å². The number of ether oxygens (including phenoxy) is 1. The van der Waals surface area contributed by atoms with Crippen molar-refractivity contribution >= 4 is 17.8 Å². The molecule has 1 aliphatic carbocycles. The average Bonchev–Trinajstić information content (AvgIpc) is 3.02. The molecule has 0 spiro atoms. The number of aryl methyl sites for hydroxylation is 1. The molecule has 0 fully saturated rings. The minimum Gasteiger partial charge on any atom is -0.426 e. The second-order valence-electron chi connectivity index (χ2n) is 6.90. The number of carbonyl (C=O) groups is 3. The number of nitrogens with zero attached hydrogens (tertiary/aromatic N) is 1. The molecule has 0 radical (unpaired) electrons. The fourth-order valence-electron chi connectivity index (χ4n) is 2.94. The number of esters is 1. The van der Waals surface area contributed by atoms with Crippen molar-refractivity contribution in [2.24, 2.45) is 5.41 Å². The van der Waals surface area contributed by atoms with Gasteiger partial charge < -0.3 is 4.74 Å². The Morgan fingerprint density at radius 2 is 1.83 bits per heavy atom. The van der Waals surface area contributed by atoms with E-state index in [4.69, 9.17) is 4.74 Å². The molecule has 5 nitrogen and oxygen atoms in total. The van der Waals surface area contributed by atoms with Crippen LogP contribution in [0.2, 0.25) is 0 Å². The van der Waals surface area contributed by atoms with Crippen molar-refractivity contribution in [3.63, 3.8) is 0 Å². The monoisotopic (exact) mass is 313 g/mol. The maximum absolute atomic E-state index is 12.2.